The van der Waals surface area contributed by atoms with Crippen molar-refractivity contribution in [1.29, 1.82) is 0 Å². The lowest BCUT2D eigenvalue weighted by atomic mass is 9.87. The maximum atomic E-state index is 5.67. The standard InChI is InChI=1S/C21H33N5O2/c1-3-22-20(26-8-5-21(15-26)6-10-27-16-21)24-13-18-4-7-23-19(12-18)25-9-11-28-17(2)14-25/h4,7,12,17H,3,5-6,8-11,13-16H2,1-2H3,(H,22,24). The summed E-state index contributed by atoms with van der Waals surface area (Å²) in [7, 11) is 0. The van der Waals surface area contributed by atoms with Crippen LogP contribution in [0.25, 0.3) is 0 Å². The summed E-state index contributed by atoms with van der Waals surface area (Å²) in [5.41, 5.74) is 1.53. The van der Waals surface area contributed by atoms with Crippen LogP contribution in [-0.4, -0.2) is 74.5 Å². The molecule has 1 N–H and O–H groups in total. The van der Waals surface area contributed by atoms with Crippen molar-refractivity contribution in [1.82, 2.24) is 15.2 Å². The zero-order valence-electron chi connectivity index (χ0n) is 17.2. The molecule has 0 amide bonds. The summed E-state index contributed by atoms with van der Waals surface area (Å²) >= 11 is 0. The van der Waals surface area contributed by atoms with Gasteiger partial charge in [0.1, 0.15) is 5.82 Å². The average molecular weight is 388 g/mol. The van der Waals surface area contributed by atoms with Crippen LogP contribution in [0.4, 0.5) is 5.82 Å². The summed E-state index contributed by atoms with van der Waals surface area (Å²) in [6.45, 7) is 12.2. The van der Waals surface area contributed by atoms with Crippen molar-refractivity contribution in [3.8, 4) is 0 Å². The second kappa shape index (κ2) is 8.66. The molecule has 1 aromatic heterocycles. The number of ether oxygens (including phenoxy) is 2. The van der Waals surface area contributed by atoms with Gasteiger partial charge in [0.25, 0.3) is 0 Å². The van der Waals surface area contributed by atoms with Gasteiger partial charge in [-0.3, -0.25) is 0 Å². The lowest BCUT2D eigenvalue weighted by Gasteiger charge is -2.32. The zero-order valence-corrected chi connectivity index (χ0v) is 17.2. The molecule has 4 rings (SSSR count). The molecule has 1 spiro atoms. The summed E-state index contributed by atoms with van der Waals surface area (Å²) in [5.74, 6) is 2.04. The Morgan fingerprint density at radius 2 is 2.29 bits per heavy atom. The Morgan fingerprint density at radius 3 is 3.07 bits per heavy atom. The lowest BCUT2D eigenvalue weighted by molar-refractivity contribution is 0.0529. The SMILES string of the molecule is CCNC(=NCc1ccnc(N2CCOC(C)C2)c1)N1CCC2(CCOC2)C1. The van der Waals surface area contributed by atoms with Crippen LogP contribution in [0.2, 0.25) is 0 Å². The van der Waals surface area contributed by atoms with Crippen molar-refractivity contribution in [2.75, 3.05) is 57.4 Å². The van der Waals surface area contributed by atoms with Crippen molar-refractivity contribution in [3.63, 3.8) is 0 Å². The first-order valence-electron chi connectivity index (χ1n) is 10.6. The third kappa shape index (κ3) is 4.41. The van der Waals surface area contributed by atoms with Gasteiger partial charge in [-0.15, -0.1) is 0 Å². The molecule has 3 saturated heterocycles. The number of aliphatic imine (C=N–C) groups is 1. The number of nitrogens with zero attached hydrogens (tertiary/aromatic N) is 4. The van der Waals surface area contributed by atoms with Crippen LogP contribution in [-0.2, 0) is 16.0 Å². The summed E-state index contributed by atoms with van der Waals surface area (Å²) in [5, 5.41) is 3.48. The summed E-state index contributed by atoms with van der Waals surface area (Å²) in [6, 6.07) is 4.23. The first kappa shape index (κ1) is 19.5. The van der Waals surface area contributed by atoms with E-state index in [1.165, 1.54) is 18.4 Å². The minimum Gasteiger partial charge on any atom is -0.381 e. The molecule has 3 aliphatic rings. The molecular formula is C21H33N5O2. The molecular weight excluding hydrogens is 354 g/mol. The largest absolute Gasteiger partial charge is 0.381 e. The van der Waals surface area contributed by atoms with Gasteiger partial charge in [-0.05, 0) is 44.4 Å². The highest BCUT2D eigenvalue weighted by Gasteiger charge is 2.42. The van der Waals surface area contributed by atoms with Crippen LogP contribution in [0.3, 0.4) is 0 Å². The molecule has 4 heterocycles. The average Bonchev–Trinajstić information content (AvgIpc) is 3.35. The highest BCUT2D eigenvalue weighted by molar-refractivity contribution is 5.80. The van der Waals surface area contributed by atoms with Crippen molar-refractivity contribution < 1.29 is 9.47 Å². The topological polar surface area (TPSA) is 62.2 Å². The first-order chi connectivity index (χ1) is 13.7. The molecule has 1 aromatic rings. The van der Waals surface area contributed by atoms with Gasteiger partial charge < -0.3 is 24.6 Å². The van der Waals surface area contributed by atoms with Crippen molar-refractivity contribution in [2.45, 2.75) is 39.3 Å². The highest BCUT2D eigenvalue weighted by Crippen LogP contribution is 2.38. The Morgan fingerprint density at radius 1 is 1.36 bits per heavy atom. The summed E-state index contributed by atoms with van der Waals surface area (Å²) in [6.07, 6.45) is 4.52. The quantitative estimate of drug-likeness (QED) is 0.629. The highest BCUT2D eigenvalue weighted by atomic mass is 16.5. The molecule has 2 atom stereocenters. The van der Waals surface area contributed by atoms with Crippen LogP contribution in [0.1, 0.15) is 32.3 Å². The Hall–Kier alpha value is -1.86. The van der Waals surface area contributed by atoms with Gasteiger partial charge in [0, 0.05) is 50.9 Å². The van der Waals surface area contributed by atoms with E-state index in [4.69, 9.17) is 14.5 Å². The third-order valence-corrected chi connectivity index (χ3v) is 6.04. The minimum atomic E-state index is 0.250. The van der Waals surface area contributed by atoms with E-state index in [1.54, 1.807) is 0 Å². The zero-order chi connectivity index (χ0) is 19.4. The fourth-order valence-corrected chi connectivity index (χ4v) is 4.44. The summed E-state index contributed by atoms with van der Waals surface area (Å²) in [4.78, 5) is 14.2. The predicted molar refractivity (Wildman–Crippen MR) is 111 cm³/mol. The van der Waals surface area contributed by atoms with Gasteiger partial charge in [0.05, 0.1) is 25.9 Å². The first-order valence-corrected chi connectivity index (χ1v) is 10.6. The van der Waals surface area contributed by atoms with Crippen molar-refractivity contribution >= 4 is 11.8 Å². The third-order valence-electron chi connectivity index (χ3n) is 6.04. The van der Waals surface area contributed by atoms with Gasteiger partial charge >= 0.3 is 0 Å². The number of pyridine rings is 1. The number of rotatable bonds is 4. The van der Waals surface area contributed by atoms with E-state index in [1.807, 2.05) is 6.20 Å². The maximum absolute atomic E-state index is 5.67. The van der Waals surface area contributed by atoms with Gasteiger partial charge in [-0.2, -0.15) is 0 Å². The Balaban J connectivity index is 1.43. The van der Waals surface area contributed by atoms with Gasteiger partial charge in [-0.25, -0.2) is 9.98 Å². The molecule has 3 aliphatic heterocycles. The lowest BCUT2D eigenvalue weighted by Crippen LogP contribution is -2.41. The number of anilines is 1. The molecule has 0 radical (unpaired) electrons. The van der Waals surface area contributed by atoms with E-state index in [9.17, 15) is 0 Å². The molecule has 0 aromatic carbocycles. The smallest absolute Gasteiger partial charge is 0.194 e. The van der Waals surface area contributed by atoms with E-state index < -0.39 is 0 Å². The van der Waals surface area contributed by atoms with Crippen LogP contribution < -0.4 is 10.2 Å². The molecule has 7 nitrogen and oxygen atoms in total. The number of guanidine groups is 1. The van der Waals surface area contributed by atoms with Gasteiger partial charge in [0.15, 0.2) is 5.96 Å². The normalized spacial score (nSPS) is 28.4. The van der Waals surface area contributed by atoms with Crippen LogP contribution >= 0.6 is 0 Å². The monoisotopic (exact) mass is 387 g/mol. The molecule has 0 saturated carbocycles. The molecule has 2 unspecified atom stereocenters. The van der Waals surface area contributed by atoms with Crippen LogP contribution in [0.5, 0.6) is 0 Å². The van der Waals surface area contributed by atoms with Gasteiger partial charge in [-0.1, -0.05) is 0 Å². The molecule has 3 fully saturated rings. The Bertz CT molecular complexity index is 689. The number of morpholine rings is 1. The summed E-state index contributed by atoms with van der Waals surface area (Å²) < 4.78 is 11.3. The van der Waals surface area contributed by atoms with E-state index >= 15 is 0 Å². The number of nitrogens with one attached hydrogen (secondary N) is 1. The number of aromatic nitrogens is 1. The van der Waals surface area contributed by atoms with E-state index in [0.29, 0.717) is 12.0 Å². The van der Waals surface area contributed by atoms with Crippen molar-refractivity contribution in [3.05, 3.63) is 23.9 Å². The molecule has 0 bridgehead atoms. The number of hydrogen-bond acceptors (Lipinski definition) is 5. The fraction of sp³-hybridized carbons (Fsp3) is 0.714. The second-order valence-electron chi connectivity index (χ2n) is 8.29. The molecule has 154 valence electrons. The number of hydrogen-bond donors (Lipinski definition) is 1. The molecule has 28 heavy (non-hydrogen) atoms. The van der Waals surface area contributed by atoms with Crippen LogP contribution in [0.15, 0.2) is 23.3 Å². The number of likely N-dealkylation sites (tertiary alicyclic amines) is 1. The van der Waals surface area contributed by atoms with E-state index in [2.05, 4.69) is 46.1 Å². The van der Waals surface area contributed by atoms with Gasteiger partial charge in [0.2, 0.25) is 0 Å². The van der Waals surface area contributed by atoms with E-state index in [-0.39, 0.29) is 6.10 Å². The maximum Gasteiger partial charge on any atom is 0.194 e. The Labute approximate surface area is 168 Å². The molecule has 7 heteroatoms. The van der Waals surface area contributed by atoms with Crippen LogP contribution in [0, 0.1) is 5.41 Å². The Kier molecular flexibility index (Phi) is 6.01. The fourth-order valence-electron chi connectivity index (χ4n) is 4.44. The minimum absolute atomic E-state index is 0.250. The molecule has 0 aliphatic carbocycles. The van der Waals surface area contributed by atoms with Crippen molar-refractivity contribution in [2.24, 2.45) is 10.4 Å². The predicted octanol–water partition coefficient (Wildman–Crippen LogP) is 1.88. The van der Waals surface area contributed by atoms with E-state index in [0.717, 1.165) is 64.3 Å². The second-order valence-corrected chi connectivity index (χ2v) is 8.29.